The van der Waals surface area contributed by atoms with E-state index in [1.165, 1.54) is 0 Å². The van der Waals surface area contributed by atoms with Crippen molar-refractivity contribution in [3.63, 3.8) is 0 Å². The lowest BCUT2D eigenvalue weighted by Crippen LogP contribution is -2.12. The highest BCUT2D eigenvalue weighted by molar-refractivity contribution is 9.10. The minimum Gasteiger partial charge on any atom is -0.303 e. The van der Waals surface area contributed by atoms with E-state index in [2.05, 4.69) is 21.0 Å². The molecular weight excluding hydrogens is 328 g/mol. The van der Waals surface area contributed by atoms with Gasteiger partial charge >= 0.3 is 0 Å². The maximum Gasteiger partial charge on any atom is 0.185 e. The van der Waals surface area contributed by atoms with Crippen molar-refractivity contribution in [3.05, 3.63) is 51.5 Å². The minimum absolute atomic E-state index is 0.148. The lowest BCUT2D eigenvalue weighted by molar-refractivity contribution is -0.112. The Morgan fingerprint density at radius 3 is 2.48 bits per heavy atom. The van der Waals surface area contributed by atoms with E-state index in [0.717, 1.165) is 40.4 Å². The van der Waals surface area contributed by atoms with Crippen molar-refractivity contribution in [2.24, 2.45) is 5.10 Å². The van der Waals surface area contributed by atoms with Gasteiger partial charge in [0.1, 0.15) is 0 Å². The largest absolute Gasteiger partial charge is 0.303 e. The van der Waals surface area contributed by atoms with Crippen molar-refractivity contribution in [3.8, 4) is 0 Å². The number of ketones is 1. The van der Waals surface area contributed by atoms with Crippen molar-refractivity contribution >= 4 is 34.0 Å². The smallest absolute Gasteiger partial charge is 0.185 e. The molecule has 21 heavy (non-hydrogen) atoms. The van der Waals surface area contributed by atoms with Gasteiger partial charge in [0, 0.05) is 35.9 Å². The van der Waals surface area contributed by atoms with E-state index < -0.39 is 0 Å². The summed E-state index contributed by atoms with van der Waals surface area (Å²) in [7, 11) is 3.72. The molecule has 0 aliphatic heterocycles. The first kappa shape index (κ1) is 15.7. The molecule has 0 amide bonds. The molecule has 0 aromatic heterocycles. The van der Waals surface area contributed by atoms with Gasteiger partial charge in [0.2, 0.25) is 0 Å². The van der Waals surface area contributed by atoms with Gasteiger partial charge in [0.15, 0.2) is 5.78 Å². The van der Waals surface area contributed by atoms with Crippen molar-refractivity contribution in [1.82, 2.24) is 5.01 Å². The summed E-state index contributed by atoms with van der Waals surface area (Å²) in [6.07, 6.45) is 8.19. The van der Waals surface area contributed by atoms with Gasteiger partial charge in [-0.05, 0) is 49.1 Å². The third-order valence-corrected chi connectivity index (χ3v) is 3.79. The molecule has 0 heterocycles. The van der Waals surface area contributed by atoms with E-state index in [9.17, 15) is 4.79 Å². The number of carbonyl (C=O) groups is 1. The predicted octanol–water partition coefficient (Wildman–Crippen LogP) is 4.06. The third kappa shape index (κ3) is 4.67. The zero-order valence-electron chi connectivity index (χ0n) is 12.3. The first-order valence-corrected chi connectivity index (χ1v) is 7.77. The Labute approximate surface area is 134 Å². The fraction of sp³-hybridized carbons (Fsp3) is 0.294. The first-order chi connectivity index (χ1) is 10.1. The molecule has 0 atom stereocenters. The van der Waals surface area contributed by atoms with Crippen LogP contribution in [0.25, 0.3) is 6.08 Å². The van der Waals surface area contributed by atoms with Crippen LogP contribution in [0, 0.1) is 0 Å². The minimum atomic E-state index is 0.148. The quantitative estimate of drug-likeness (QED) is 0.469. The Kier molecular flexibility index (Phi) is 5.51. The molecule has 0 radical (unpaired) electrons. The average molecular weight is 347 g/mol. The van der Waals surface area contributed by atoms with Crippen molar-refractivity contribution in [2.75, 3.05) is 14.1 Å². The van der Waals surface area contributed by atoms with E-state index in [1.807, 2.05) is 50.5 Å². The van der Waals surface area contributed by atoms with Crippen molar-refractivity contribution in [2.45, 2.75) is 19.3 Å². The highest BCUT2D eigenvalue weighted by Gasteiger charge is 2.19. The lowest BCUT2D eigenvalue weighted by atomic mass is 9.88. The van der Waals surface area contributed by atoms with Crippen LogP contribution < -0.4 is 0 Å². The van der Waals surface area contributed by atoms with Crippen LogP contribution in [0.3, 0.4) is 0 Å². The molecule has 3 nitrogen and oxygen atoms in total. The van der Waals surface area contributed by atoms with Crippen LogP contribution in [-0.2, 0) is 4.79 Å². The Morgan fingerprint density at radius 2 is 1.81 bits per heavy atom. The highest BCUT2D eigenvalue weighted by Crippen LogP contribution is 2.26. The number of hydrogen-bond acceptors (Lipinski definition) is 3. The molecule has 1 aliphatic rings. The first-order valence-electron chi connectivity index (χ1n) is 6.97. The Bertz CT molecular complexity index is 598. The molecule has 0 saturated heterocycles. The van der Waals surface area contributed by atoms with Gasteiger partial charge in [0.05, 0.1) is 0 Å². The zero-order chi connectivity index (χ0) is 15.2. The number of rotatable bonds is 3. The Hall–Kier alpha value is -1.68. The van der Waals surface area contributed by atoms with E-state index in [-0.39, 0.29) is 5.78 Å². The summed E-state index contributed by atoms with van der Waals surface area (Å²) < 4.78 is 1.04. The maximum absolute atomic E-state index is 12.5. The molecule has 0 bridgehead atoms. The normalized spacial score (nSPS) is 19.7. The third-order valence-electron chi connectivity index (χ3n) is 3.26. The Balaban J connectivity index is 2.18. The fourth-order valence-electron chi connectivity index (χ4n) is 2.22. The SMILES string of the molecule is CN(C)/N=C/C=C1\CCC/C(=C\c2ccc(Br)cc2)C1=O. The molecule has 0 unspecified atom stereocenters. The summed E-state index contributed by atoms with van der Waals surface area (Å²) in [4.78, 5) is 12.5. The van der Waals surface area contributed by atoms with Crippen molar-refractivity contribution in [1.29, 1.82) is 0 Å². The molecular formula is C17H19BrN2O. The standard InChI is InChI=1S/C17H19BrN2O/c1-20(2)19-11-10-14-4-3-5-15(17(14)21)12-13-6-8-16(18)9-7-13/h6-12H,3-5H2,1-2H3/b14-10+,15-12+,19-11+. The van der Waals surface area contributed by atoms with E-state index >= 15 is 0 Å². The van der Waals surface area contributed by atoms with Gasteiger partial charge in [0.25, 0.3) is 0 Å². The summed E-state index contributed by atoms with van der Waals surface area (Å²) in [6, 6.07) is 7.99. The molecule has 0 spiro atoms. The molecule has 2 rings (SSSR count). The van der Waals surface area contributed by atoms with Crippen LogP contribution in [0.5, 0.6) is 0 Å². The number of hydrazone groups is 1. The number of allylic oxidation sites excluding steroid dienone is 3. The van der Waals surface area contributed by atoms with Crippen molar-refractivity contribution < 1.29 is 4.79 Å². The van der Waals surface area contributed by atoms with Gasteiger partial charge in [-0.25, -0.2) is 0 Å². The number of Topliss-reactive ketones (excluding diaryl/α,β-unsaturated/α-hetero) is 1. The van der Waals surface area contributed by atoms with E-state index in [4.69, 9.17) is 0 Å². The molecule has 1 saturated carbocycles. The summed E-state index contributed by atoms with van der Waals surface area (Å²) >= 11 is 3.42. The molecule has 1 aromatic carbocycles. The van der Waals surface area contributed by atoms with Gasteiger partial charge in [-0.15, -0.1) is 0 Å². The summed E-state index contributed by atoms with van der Waals surface area (Å²) in [5.41, 5.74) is 2.79. The second-order valence-electron chi connectivity index (χ2n) is 5.21. The summed E-state index contributed by atoms with van der Waals surface area (Å²) in [5.74, 6) is 0.148. The monoisotopic (exact) mass is 346 g/mol. The molecule has 0 N–H and O–H groups in total. The molecule has 1 fully saturated rings. The number of carbonyl (C=O) groups excluding carboxylic acids is 1. The molecule has 1 aliphatic carbocycles. The van der Waals surface area contributed by atoms with Gasteiger partial charge < -0.3 is 5.01 Å². The predicted molar refractivity (Wildman–Crippen MR) is 91.2 cm³/mol. The van der Waals surface area contributed by atoms with E-state index in [0.29, 0.717) is 0 Å². The van der Waals surface area contributed by atoms with Crippen LogP contribution in [0.4, 0.5) is 0 Å². The van der Waals surface area contributed by atoms with Crippen LogP contribution in [0.15, 0.2) is 51.1 Å². The van der Waals surface area contributed by atoms with Gasteiger partial charge in [-0.3, -0.25) is 4.79 Å². The van der Waals surface area contributed by atoms with Crippen LogP contribution in [0.2, 0.25) is 0 Å². The second kappa shape index (κ2) is 7.36. The van der Waals surface area contributed by atoms with Crippen LogP contribution in [0.1, 0.15) is 24.8 Å². The lowest BCUT2D eigenvalue weighted by Gasteiger charge is -2.16. The topological polar surface area (TPSA) is 32.7 Å². The highest BCUT2D eigenvalue weighted by atomic mass is 79.9. The number of hydrogen-bond donors (Lipinski definition) is 0. The fourth-order valence-corrected chi connectivity index (χ4v) is 2.48. The average Bonchev–Trinajstić information content (AvgIpc) is 2.45. The summed E-state index contributed by atoms with van der Waals surface area (Å²) in [6.45, 7) is 0. The number of nitrogens with zero attached hydrogens (tertiary/aromatic N) is 2. The van der Waals surface area contributed by atoms with E-state index in [1.54, 1.807) is 11.2 Å². The van der Waals surface area contributed by atoms with Crippen LogP contribution in [-0.4, -0.2) is 31.1 Å². The van der Waals surface area contributed by atoms with Gasteiger partial charge in [-0.1, -0.05) is 28.1 Å². The Morgan fingerprint density at radius 1 is 1.14 bits per heavy atom. The maximum atomic E-state index is 12.5. The molecule has 110 valence electrons. The number of halogens is 1. The summed E-state index contributed by atoms with van der Waals surface area (Å²) in [5, 5.41) is 5.84. The zero-order valence-corrected chi connectivity index (χ0v) is 13.9. The molecule has 1 aromatic rings. The second-order valence-corrected chi connectivity index (χ2v) is 6.12. The molecule has 4 heteroatoms. The number of benzene rings is 1. The van der Waals surface area contributed by atoms with Crippen LogP contribution >= 0.6 is 15.9 Å². The van der Waals surface area contributed by atoms with Gasteiger partial charge in [-0.2, -0.15) is 5.10 Å².